The predicted octanol–water partition coefficient (Wildman–Crippen LogP) is 4.73. The molecule has 1 aliphatic carbocycles. The fourth-order valence-corrected chi connectivity index (χ4v) is 3.53. The van der Waals surface area contributed by atoms with E-state index in [4.69, 9.17) is 15.6 Å². The highest BCUT2D eigenvalue weighted by molar-refractivity contribution is 5.94. The van der Waals surface area contributed by atoms with Crippen molar-refractivity contribution in [2.75, 3.05) is 19.7 Å². The summed E-state index contributed by atoms with van der Waals surface area (Å²) >= 11 is 0. The van der Waals surface area contributed by atoms with Gasteiger partial charge >= 0.3 is 11.9 Å². The number of ether oxygens (including phenoxy) is 1. The molecule has 1 saturated carbocycles. The number of carboxylic acids is 1. The van der Waals surface area contributed by atoms with Gasteiger partial charge in [0.15, 0.2) is 0 Å². The molecule has 180 valence electrons. The van der Waals surface area contributed by atoms with Crippen molar-refractivity contribution < 1.29 is 28.2 Å². The molecule has 2 aromatic carbocycles. The number of primary amides is 1. The number of hydrogen-bond donors (Lipinski definition) is 3. The molecule has 0 heterocycles. The maximum atomic E-state index is 11.3. The smallest absolute Gasteiger partial charge is 0.374 e. The Kier molecular flexibility index (Phi) is 10.3. The molecule has 3 rings (SSSR count). The maximum Gasteiger partial charge on any atom is 0.374 e. The number of carbonyl (C=O) groups excluding carboxylic acids is 1. The van der Waals surface area contributed by atoms with Gasteiger partial charge in [-0.1, -0.05) is 43.5 Å². The summed E-state index contributed by atoms with van der Waals surface area (Å²) in [4.78, 5) is 20.6. The second-order valence-corrected chi connectivity index (χ2v) is 8.22. The number of carbonyl (C=O) groups is 2. The largest absolute Gasteiger partial charge is 0.492 e. The number of aliphatic carboxylic acids is 1. The van der Waals surface area contributed by atoms with Crippen LogP contribution in [0, 0.1) is 5.92 Å². The predicted molar refractivity (Wildman–Crippen MR) is 124 cm³/mol. The van der Waals surface area contributed by atoms with Crippen LogP contribution in [0.5, 0.6) is 5.75 Å². The Bertz CT molecular complexity index is 892. The molecule has 0 spiro atoms. The van der Waals surface area contributed by atoms with Crippen LogP contribution in [-0.4, -0.2) is 42.6 Å². The first kappa shape index (κ1) is 26.3. The van der Waals surface area contributed by atoms with Gasteiger partial charge in [-0.3, -0.25) is 4.79 Å². The molecule has 8 heteroatoms. The third-order valence-corrected chi connectivity index (χ3v) is 5.42. The highest BCUT2D eigenvalue weighted by Crippen LogP contribution is 2.24. The topological polar surface area (TPSA) is 102 Å². The minimum absolute atomic E-state index is 0.329. The van der Waals surface area contributed by atoms with Crippen molar-refractivity contribution in [3.05, 3.63) is 54.1 Å². The number of benzene rings is 2. The Morgan fingerprint density at radius 1 is 1.09 bits per heavy atom. The van der Waals surface area contributed by atoms with Crippen molar-refractivity contribution in [1.29, 1.82) is 0 Å². The third-order valence-electron chi connectivity index (χ3n) is 5.42. The monoisotopic (exact) mass is 462 g/mol. The zero-order valence-corrected chi connectivity index (χ0v) is 18.9. The van der Waals surface area contributed by atoms with E-state index in [0.29, 0.717) is 19.1 Å². The molecule has 0 bridgehead atoms. The van der Waals surface area contributed by atoms with E-state index in [0.717, 1.165) is 35.9 Å². The summed E-state index contributed by atoms with van der Waals surface area (Å²) in [6.45, 7) is 2.98. The zero-order valence-electron chi connectivity index (χ0n) is 18.9. The van der Waals surface area contributed by atoms with Gasteiger partial charge in [0.2, 0.25) is 5.91 Å². The van der Waals surface area contributed by atoms with Crippen molar-refractivity contribution in [2.24, 2.45) is 11.7 Å². The summed E-state index contributed by atoms with van der Waals surface area (Å²) in [5.74, 6) is -4.38. The molecule has 2 aromatic rings. The molecule has 0 saturated heterocycles. The van der Waals surface area contributed by atoms with E-state index in [1.165, 1.54) is 32.1 Å². The highest BCUT2D eigenvalue weighted by Gasteiger charge is 2.31. The molecule has 6 nitrogen and oxygen atoms in total. The van der Waals surface area contributed by atoms with Gasteiger partial charge in [-0.05, 0) is 60.7 Å². The van der Waals surface area contributed by atoms with Gasteiger partial charge in [-0.25, -0.2) is 4.79 Å². The van der Waals surface area contributed by atoms with Gasteiger partial charge in [-0.15, -0.1) is 0 Å². The molecule has 33 heavy (non-hydrogen) atoms. The molecular formula is C25H32F2N2O4. The standard InChI is InChI=1S/C22H28N2O2.C3H4F2O2/c23-22(25)20-8-4-7-19(15-20)18-9-11-21(12-10-18)26-14-13-24-16-17-5-2-1-3-6-17;1-3(4,5)2(6)7/h4,7-12,15,17,24H,1-3,5-6,13-14,16H2,(H2,23,25);1H3,(H,6,7). The third kappa shape index (κ3) is 9.57. The average Bonchev–Trinajstić information content (AvgIpc) is 2.80. The van der Waals surface area contributed by atoms with Crippen molar-refractivity contribution in [2.45, 2.75) is 45.0 Å². The molecule has 1 fully saturated rings. The quantitative estimate of drug-likeness (QED) is 0.468. The van der Waals surface area contributed by atoms with Gasteiger partial charge in [0.25, 0.3) is 0 Å². The molecule has 0 unspecified atom stereocenters. The van der Waals surface area contributed by atoms with Crippen LogP contribution in [0.15, 0.2) is 48.5 Å². The minimum atomic E-state index is -3.58. The van der Waals surface area contributed by atoms with Gasteiger partial charge < -0.3 is 20.9 Å². The van der Waals surface area contributed by atoms with E-state index in [9.17, 15) is 18.4 Å². The summed E-state index contributed by atoms with van der Waals surface area (Å²) in [6.07, 6.45) is 6.91. The van der Waals surface area contributed by atoms with Crippen LogP contribution < -0.4 is 15.8 Å². The molecule has 4 N–H and O–H groups in total. The van der Waals surface area contributed by atoms with Gasteiger partial charge in [0.1, 0.15) is 12.4 Å². The molecule has 1 aliphatic rings. The van der Waals surface area contributed by atoms with Crippen molar-refractivity contribution >= 4 is 11.9 Å². The van der Waals surface area contributed by atoms with Crippen molar-refractivity contribution in [3.63, 3.8) is 0 Å². The number of carboxylic acid groups (broad SMARTS) is 1. The normalized spacial score (nSPS) is 14.2. The van der Waals surface area contributed by atoms with Crippen LogP contribution in [0.4, 0.5) is 8.78 Å². The fourth-order valence-electron chi connectivity index (χ4n) is 3.53. The van der Waals surface area contributed by atoms with E-state index in [1.807, 2.05) is 42.5 Å². The number of nitrogens with one attached hydrogen (secondary N) is 1. The molecule has 0 aromatic heterocycles. The SMILES string of the molecule is CC(F)(F)C(=O)O.NC(=O)c1cccc(-c2ccc(OCCNCC3CCCCC3)cc2)c1. The Morgan fingerprint density at radius 3 is 2.30 bits per heavy atom. The molecule has 0 atom stereocenters. The lowest BCUT2D eigenvalue weighted by molar-refractivity contribution is -0.161. The van der Waals surface area contributed by atoms with Crippen LogP contribution >= 0.6 is 0 Å². The van der Waals surface area contributed by atoms with Crippen molar-refractivity contribution in [1.82, 2.24) is 5.32 Å². The lowest BCUT2D eigenvalue weighted by Gasteiger charge is -2.21. The van der Waals surface area contributed by atoms with Crippen LogP contribution in [-0.2, 0) is 4.79 Å². The zero-order chi connectivity index (χ0) is 24.3. The van der Waals surface area contributed by atoms with E-state index in [2.05, 4.69) is 5.32 Å². The first-order valence-electron chi connectivity index (χ1n) is 11.1. The molecular weight excluding hydrogens is 430 g/mol. The summed E-state index contributed by atoms with van der Waals surface area (Å²) in [5.41, 5.74) is 7.88. The number of nitrogens with two attached hydrogens (primary N) is 1. The van der Waals surface area contributed by atoms with Crippen LogP contribution in [0.2, 0.25) is 0 Å². The van der Waals surface area contributed by atoms with Gasteiger partial charge in [0, 0.05) is 19.0 Å². The number of hydrogen-bond acceptors (Lipinski definition) is 4. The lowest BCUT2D eigenvalue weighted by Crippen LogP contribution is -2.28. The van der Waals surface area contributed by atoms with E-state index >= 15 is 0 Å². The summed E-state index contributed by atoms with van der Waals surface area (Å²) in [5, 5.41) is 11.0. The Balaban J connectivity index is 0.000000479. The molecule has 0 radical (unpaired) electrons. The first-order valence-corrected chi connectivity index (χ1v) is 11.1. The summed E-state index contributed by atoms with van der Waals surface area (Å²) < 4.78 is 28.3. The maximum absolute atomic E-state index is 11.3. The second-order valence-electron chi connectivity index (χ2n) is 8.22. The van der Waals surface area contributed by atoms with Crippen LogP contribution in [0.3, 0.4) is 0 Å². The van der Waals surface area contributed by atoms with Crippen LogP contribution in [0.25, 0.3) is 11.1 Å². The average molecular weight is 463 g/mol. The number of rotatable bonds is 9. The van der Waals surface area contributed by atoms with Crippen LogP contribution in [0.1, 0.15) is 49.4 Å². The van der Waals surface area contributed by atoms with E-state index in [1.54, 1.807) is 6.07 Å². The number of amides is 1. The second kappa shape index (κ2) is 12.9. The lowest BCUT2D eigenvalue weighted by atomic mass is 9.89. The van der Waals surface area contributed by atoms with Crippen molar-refractivity contribution in [3.8, 4) is 16.9 Å². The minimum Gasteiger partial charge on any atom is -0.492 e. The molecule has 0 aliphatic heterocycles. The van der Waals surface area contributed by atoms with E-state index < -0.39 is 17.8 Å². The summed E-state index contributed by atoms with van der Waals surface area (Å²) in [6, 6.07) is 15.3. The van der Waals surface area contributed by atoms with E-state index in [-0.39, 0.29) is 0 Å². The number of alkyl halides is 2. The number of halogens is 2. The highest BCUT2D eigenvalue weighted by atomic mass is 19.3. The Morgan fingerprint density at radius 2 is 1.73 bits per heavy atom. The van der Waals surface area contributed by atoms with Gasteiger partial charge in [0.05, 0.1) is 0 Å². The first-order chi connectivity index (χ1) is 15.7. The Labute approximate surface area is 193 Å². The Hall–Kier alpha value is -3.00. The summed E-state index contributed by atoms with van der Waals surface area (Å²) in [7, 11) is 0. The van der Waals surface area contributed by atoms with Gasteiger partial charge in [-0.2, -0.15) is 8.78 Å². The fraction of sp³-hybridized carbons (Fsp3) is 0.440. The molecule has 1 amide bonds.